The molecule has 0 bridgehead atoms. The van der Waals surface area contributed by atoms with E-state index in [0.717, 1.165) is 54.1 Å². The normalized spacial score (nSPS) is 16.1. The van der Waals surface area contributed by atoms with Gasteiger partial charge in [-0.25, -0.2) is 0 Å². The van der Waals surface area contributed by atoms with Crippen LogP contribution in [0.4, 0.5) is 0 Å². The largest absolute Gasteiger partial charge is 0.309 e. The molecule has 0 N–H and O–H groups in total. The van der Waals surface area contributed by atoms with Gasteiger partial charge in [0.15, 0.2) is 7.14 Å². The first kappa shape index (κ1) is 21.6. The van der Waals surface area contributed by atoms with Gasteiger partial charge in [-0.2, -0.15) is 0 Å². The Balaban J connectivity index is 1.68. The summed E-state index contributed by atoms with van der Waals surface area (Å²) >= 11 is 0. The first-order valence-electron chi connectivity index (χ1n) is 13.0. The molecule has 0 spiro atoms. The molecular weight excluding hydrogens is 479 g/mol. The van der Waals surface area contributed by atoms with Gasteiger partial charge < -0.3 is 4.57 Å². The van der Waals surface area contributed by atoms with Crippen LogP contribution in [0.5, 0.6) is 0 Å². The average molecular weight is 503 g/mol. The maximum atomic E-state index is 16.0. The lowest BCUT2D eigenvalue weighted by Gasteiger charge is -2.23. The minimum atomic E-state index is -3.26. The number of hydrogen-bond donors (Lipinski definition) is 0. The lowest BCUT2D eigenvalue weighted by molar-refractivity contribution is 0.592. The van der Waals surface area contributed by atoms with Crippen LogP contribution in [0.2, 0.25) is 0 Å². The van der Waals surface area contributed by atoms with Crippen molar-refractivity contribution < 1.29 is 4.57 Å². The summed E-state index contributed by atoms with van der Waals surface area (Å²) in [5.74, 6) is 0. The highest BCUT2D eigenvalue weighted by molar-refractivity contribution is 7.86. The lowest BCUT2D eigenvalue weighted by Crippen LogP contribution is -2.26. The van der Waals surface area contributed by atoms with Crippen molar-refractivity contribution in [2.24, 2.45) is 0 Å². The topological polar surface area (TPSA) is 17.1 Å². The van der Waals surface area contributed by atoms with Crippen LogP contribution in [-0.4, -0.2) is 0 Å². The van der Waals surface area contributed by atoms with Crippen molar-refractivity contribution in [2.75, 3.05) is 0 Å². The molecule has 1 unspecified atom stereocenters. The average Bonchev–Trinajstić information content (AvgIpc) is 3.08. The van der Waals surface area contributed by atoms with Crippen LogP contribution < -0.4 is 15.9 Å². The van der Waals surface area contributed by atoms with E-state index in [-0.39, 0.29) is 0 Å². The Kier molecular flexibility index (Phi) is 4.56. The van der Waals surface area contributed by atoms with Crippen LogP contribution in [0.3, 0.4) is 0 Å². The Morgan fingerprint density at radius 2 is 0.947 bits per heavy atom. The number of rotatable bonds is 1. The van der Waals surface area contributed by atoms with Crippen LogP contribution in [0.1, 0.15) is 0 Å². The molecule has 2 heteroatoms. The summed E-state index contributed by atoms with van der Waals surface area (Å²) < 4.78 is 16.0. The third-order valence-corrected chi connectivity index (χ3v) is 11.2. The van der Waals surface area contributed by atoms with E-state index in [1.54, 1.807) is 0 Å². The summed E-state index contributed by atoms with van der Waals surface area (Å²) in [4.78, 5) is 0. The number of hydrogen-bond acceptors (Lipinski definition) is 1. The first-order valence-corrected chi connectivity index (χ1v) is 14.7. The minimum Gasteiger partial charge on any atom is -0.309 e. The fraction of sp³-hybridized carbons (Fsp3) is 0. The van der Waals surface area contributed by atoms with E-state index in [0.29, 0.717) is 0 Å². The van der Waals surface area contributed by atoms with Gasteiger partial charge in [-0.15, -0.1) is 0 Å². The van der Waals surface area contributed by atoms with E-state index in [2.05, 4.69) is 109 Å². The van der Waals surface area contributed by atoms with Gasteiger partial charge in [0.2, 0.25) is 0 Å². The van der Waals surface area contributed by atoms with Crippen molar-refractivity contribution in [3.63, 3.8) is 0 Å². The standard InChI is InChI=1S/C36H23OP/c37-38(28-14-2-1-3-15-28)33-21-19-25-11-7-9-17-30(25)36(33)35-29-16-8-6-10-24(29)18-20-31(35)32-22-26-12-4-5-13-27(26)23-34(32)38/h1-23H. The van der Waals surface area contributed by atoms with E-state index in [1.165, 1.54) is 16.3 Å². The summed E-state index contributed by atoms with van der Waals surface area (Å²) in [7, 11) is -3.26. The summed E-state index contributed by atoms with van der Waals surface area (Å²) in [6, 6.07) is 48.7. The summed E-state index contributed by atoms with van der Waals surface area (Å²) in [5, 5.41) is 9.60. The molecule has 0 fully saturated rings. The molecule has 0 aliphatic carbocycles. The smallest absolute Gasteiger partial charge is 0.172 e. The third-order valence-electron chi connectivity index (χ3n) is 8.04. The predicted molar refractivity (Wildman–Crippen MR) is 163 cm³/mol. The fourth-order valence-corrected chi connectivity index (χ4v) is 9.39. The molecule has 1 nitrogen and oxygen atoms in total. The third kappa shape index (κ3) is 2.91. The Bertz CT molecular complexity index is 2110. The van der Waals surface area contributed by atoms with Crippen molar-refractivity contribution in [2.45, 2.75) is 0 Å². The Morgan fingerprint density at radius 1 is 0.395 bits per heavy atom. The van der Waals surface area contributed by atoms with Crippen LogP contribution in [0.15, 0.2) is 140 Å². The zero-order valence-electron chi connectivity index (χ0n) is 20.6. The van der Waals surface area contributed by atoms with E-state index in [4.69, 9.17) is 0 Å². The lowest BCUT2D eigenvalue weighted by atomic mass is 9.87. The molecule has 0 aromatic heterocycles. The molecule has 178 valence electrons. The van der Waals surface area contributed by atoms with Crippen LogP contribution >= 0.6 is 7.14 Å². The first-order chi connectivity index (χ1) is 18.7. The van der Waals surface area contributed by atoms with Gasteiger partial charge in [0.05, 0.1) is 0 Å². The van der Waals surface area contributed by atoms with E-state index in [9.17, 15) is 0 Å². The summed E-state index contributed by atoms with van der Waals surface area (Å²) in [6.45, 7) is 0. The van der Waals surface area contributed by atoms with Crippen LogP contribution in [0.25, 0.3) is 54.6 Å². The van der Waals surface area contributed by atoms with Crippen LogP contribution in [0, 0.1) is 0 Å². The molecule has 8 rings (SSSR count). The SMILES string of the molecule is O=P1(c2ccccc2)c2cc3ccccc3cc2-c2ccc3ccccc3c2-c2c1ccc1ccccc21. The van der Waals surface area contributed by atoms with Gasteiger partial charge in [0.25, 0.3) is 0 Å². The van der Waals surface area contributed by atoms with E-state index in [1.807, 2.05) is 30.3 Å². The maximum Gasteiger partial charge on any atom is 0.172 e. The molecule has 7 aromatic carbocycles. The van der Waals surface area contributed by atoms with Gasteiger partial charge in [-0.3, -0.25) is 0 Å². The fourth-order valence-electron chi connectivity index (χ4n) is 6.30. The Labute approximate surface area is 221 Å². The highest BCUT2D eigenvalue weighted by Gasteiger charge is 2.39. The second-order valence-corrected chi connectivity index (χ2v) is 12.7. The van der Waals surface area contributed by atoms with Gasteiger partial charge in [-0.05, 0) is 67.2 Å². The molecule has 1 atom stereocenters. The molecule has 38 heavy (non-hydrogen) atoms. The predicted octanol–water partition coefficient (Wildman–Crippen LogP) is 8.43. The van der Waals surface area contributed by atoms with Crippen molar-refractivity contribution in [1.29, 1.82) is 0 Å². The quantitative estimate of drug-likeness (QED) is 0.206. The van der Waals surface area contributed by atoms with Gasteiger partial charge >= 0.3 is 0 Å². The van der Waals surface area contributed by atoms with Crippen molar-refractivity contribution in [3.8, 4) is 22.3 Å². The molecule has 1 heterocycles. The Morgan fingerprint density at radius 3 is 1.66 bits per heavy atom. The Hall–Kier alpha value is -4.45. The maximum absolute atomic E-state index is 16.0. The molecule has 1 aliphatic heterocycles. The number of benzene rings is 7. The van der Waals surface area contributed by atoms with E-state index >= 15 is 4.57 Å². The highest BCUT2D eigenvalue weighted by atomic mass is 31.2. The molecule has 7 aromatic rings. The molecule has 0 radical (unpaired) electrons. The number of fused-ring (bicyclic) bond motifs is 10. The van der Waals surface area contributed by atoms with Gasteiger partial charge in [0, 0.05) is 21.5 Å². The summed E-state index contributed by atoms with van der Waals surface area (Å²) in [5.41, 5.74) is 4.44. The monoisotopic (exact) mass is 502 g/mol. The van der Waals surface area contributed by atoms with Crippen molar-refractivity contribution in [1.82, 2.24) is 0 Å². The molecule has 1 aliphatic rings. The highest BCUT2D eigenvalue weighted by Crippen LogP contribution is 2.54. The zero-order chi connectivity index (χ0) is 25.3. The van der Waals surface area contributed by atoms with Crippen LogP contribution in [-0.2, 0) is 4.57 Å². The van der Waals surface area contributed by atoms with Gasteiger partial charge in [-0.1, -0.05) is 121 Å². The second-order valence-electron chi connectivity index (χ2n) is 10.1. The van der Waals surface area contributed by atoms with Crippen molar-refractivity contribution in [3.05, 3.63) is 140 Å². The molecular formula is C36H23OP. The minimum absolute atomic E-state index is 0.866. The molecule has 0 amide bonds. The second kappa shape index (κ2) is 8.02. The summed E-state index contributed by atoms with van der Waals surface area (Å²) in [6.07, 6.45) is 0. The molecule has 0 saturated carbocycles. The van der Waals surface area contributed by atoms with Gasteiger partial charge in [0.1, 0.15) is 0 Å². The van der Waals surface area contributed by atoms with E-state index < -0.39 is 7.14 Å². The zero-order valence-corrected chi connectivity index (χ0v) is 21.5. The molecule has 0 saturated heterocycles. The van der Waals surface area contributed by atoms with Crippen molar-refractivity contribution >= 4 is 55.4 Å².